The lowest BCUT2D eigenvalue weighted by Gasteiger charge is -2.37. The van der Waals surface area contributed by atoms with Gasteiger partial charge in [-0.15, -0.1) is 0 Å². The second-order valence-corrected chi connectivity index (χ2v) is 6.16. The molecule has 1 aromatic carbocycles. The first kappa shape index (κ1) is 13.6. The van der Waals surface area contributed by atoms with E-state index in [-0.39, 0.29) is 0 Å². The summed E-state index contributed by atoms with van der Waals surface area (Å²) in [5, 5.41) is 3.60. The molecule has 0 heterocycles. The van der Waals surface area contributed by atoms with Crippen LogP contribution < -0.4 is 5.32 Å². The van der Waals surface area contributed by atoms with Crippen LogP contribution in [0.25, 0.3) is 0 Å². The molecule has 0 saturated heterocycles. The summed E-state index contributed by atoms with van der Waals surface area (Å²) in [6.45, 7) is 4.51. The van der Waals surface area contributed by atoms with Gasteiger partial charge in [0.1, 0.15) is 0 Å². The fraction of sp³-hybridized carbons (Fsp3) is 0.647. The van der Waals surface area contributed by atoms with E-state index in [9.17, 15) is 0 Å². The summed E-state index contributed by atoms with van der Waals surface area (Å²) in [6.07, 6.45) is 8.01. The van der Waals surface area contributed by atoms with Gasteiger partial charge in [-0.2, -0.15) is 0 Å². The van der Waals surface area contributed by atoms with Gasteiger partial charge in [0.15, 0.2) is 0 Å². The first-order valence-corrected chi connectivity index (χ1v) is 7.43. The summed E-state index contributed by atoms with van der Waals surface area (Å²) in [7, 11) is 2.13. The normalized spacial score (nSPS) is 19.1. The van der Waals surface area contributed by atoms with E-state index in [0.29, 0.717) is 11.5 Å². The molecule has 0 aliphatic heterocycles. The van der Waals surface area contributed by atoms with Crippen molar-refractivity contribution in [2.24, 2.45) is 0 Å². The first-order chi connectivity index (χ1) is 8.65. The highest BCUT2D eigenvalue weighted by Gasteiger charge is 2.30. The minimum Gasteiger partial charge on any atom is -0.314 e. The Balaban J connectivity index is 2.07. The maximum absolute atomic E-state index is 3.60. The molecule has 1 nitrogen and oxygen atoms in total. The predicted octanol–water partition coefficient (Wildman–Crippen LogP) is 4.27. The van der Waals surface area contributed by atoms with Crippen LogP contribution in [0.1, 0.15) is 63.0 Å². The lowest BCUT2D eigenvalue weighted by atomic mass is 9.77. The molecule has 0 amide bonds. The van der Waals surface area contributed by atoms with Crippen LogP contribution in [0, 0.1) is 0 Å². The zero-order valence-corrected chi connectivity index (χ0v) is 12.1. The Bertz CT molecular complexity index is 358. The molecule has 100 valence electrons. The van der Waals surface area contributed by atoms with Crippen molar-refractivity contribution in [3.63, 3.8) is 0 Å². The smallest absolute Gasteiger partial charge is 0.0218 e. The summed E-state index contributed by atoms with van der Waals surface area (Å²) >= 11 is 0. The van der Waals surface area contributed by atoms with E-state index in [0.717, 1.165) is 0 Å². The van der Waals surface area contributed by atoms with Crippen molar-refractivity contribution in [3.05, 3.63) is 35.4 Å². The third-order valence-corrected chi connectivity index (χ3v) is 4.53. The van der Waals surface area contributed by atoms with E-state index in [1.165, 1.54) is 49.7 Å². The molecule has 1 saturated carbocycles. The molecule has 1 aliphatic carbocycles. The number of hydrogen-bond acceptors (Lipinski definition) is 1. The highest BCUT2D eigenvalue weighted by Crippen LogP contribution is 2.31. The topological polar surface area (TPSA) is 12.0 Å². The molecule has 0 bridgehead atoms. The Kier molecular flexibility index (Phi) is 4.45. The van der Waals surface area contributed by atoms with E-state index >= 15 is 0 Å². The third kappa shape index (κ3) is 3.14. The van der Waals surface area contributed by atoms with Crippen LogP contribution in [0.5, 0.6) is 0 Å². The van der Waals surface area contributed by atoms with E-state index in [4.69, 9.17) is 0 Å². The standard InChI is InChI=1S/C17H27N/c1-14(2)16-9-7-15(8-10-16)13-17(18-3)11-5-4-6-12-17/h7-10,14,18H,4-6,11-13H2,1-3H3. The molecular formula is C17H27N. The highest BCUT2D eigenvalue weighted by molar-refractivity contribution is 5.26. The number of rotatable bonds is 4. The number of likely N-dealkylation sites (N-methyl/N-ethyl adjacent to an activating group) is 1. The maximum atomic E-state index is 3.60. The number of benzene rings is 1. The molecule has 1 heteroatoms. The van der Waals surface area contributed by atoms with Crippen molar-refractivity contribution in [1.82, 2.24) is 5.32 Å². The molecule has 18 heavy (non-hydrogen) atoms. The van der Waals surface area contributed by atoms with Gasteiger partial charge in [0, 0.05) is 5.54 Å². The van der Waals surface area contributed by atoms with Gasteiger partial charge in [0.25, 0.3) is 0 Å². The molecule has 0 atom stereocenters. The Morgan fingerprint density at radius 1 is 1.06 bits per heavy atom. The fourth-order valence-corrected chi connectivity index (χ4v) is 3.15. The average Bonchev–Trinajstić information content (AvgIpc) is 2.40. The molecular weight excluding hydrogens is 218 g/mol. The van der Waals surface area contributed by atoms with Crippen LogP contribution in [0.4, 0.5) is 0 Å². The predicted molar refractivity (Wildman–Crippen MR) is 79.1 cm³/mol. The summed E-state index contributed by atoms with van der Waals surface area (Å²) < 4.78 is 0. The largest absolute Gasteiger partial charge is 0.314 e. The maximum Gasteiger partial charge on any atom is 0.0218 e. The quantitative estimate of drug-likeness (QED) is 0.835. The molecule has 0 aromatic heterocycles. The molecule has 0 radical (unpaired) electrons. The number of nitrogens with one attached hydrogen (secondary N) is 1. The van der Waals surface area contributed by atoms with Crippen LogP contribution in [0.2, 0.25) is 0 Å². The van der Waals surface area contributed by atoms with Gasteiger partial charge in [-0.05, 0) is 43.4 Å². The SMILES string of the molecule is CNC1(Cc2ccc(C(C)C)cc2)CCCCC1. The van der Waals surface area contributed by atoms with Crippen LogP contribution in [-0.2, 0) is 6.42 Å². The van der Waals surface area contributed by atoms with Gasteiger partial charge in [-0.1, -0.05) is 57.4 Å². The highest BCUT2D eigenvalue weighted by atomic mass is 14.9. The van der Waals surface area contributed by atoms with Crippen LogP contribution in [0.3, 0.4) is 0 Å². The van der Waals surface area contributed by atoms with Crippen molar-refractivity contribution in [2.45, 2.75) is 63.8 Å². The third-order valence-electron chi connectivity index (χ3n) is 4.53. The van der Waals surface area contributed by atoms with Gasteiger partial charge in [-0.25, -0.2) is 0 Å². The summed E-state index contributed by atoms with van der Waals surface area (Å²) in [4.78, 5) is 0. The molecule has 1 aliphatic rings. The van der Waals surface area contributed by atoms with E-state index in [1.807, 2.05) is 0 Å². The van der Waals surface area contributed by atoms with Gasteiger partial charge < -0.3 is 5.32 Å². The Labute approximate surface area is 112 Å². The minimum atomic E-state index is 0.359. The molecule has 0 spiro atoms. The fourth-order valence-electron chi connectivity index (χ4n) is 3.15. The monoisotopic (exact) mass is 245 g/mol. The van der Waals surface area contributed by atoms with Crippen LogP contribution >= 0.6 is 0 Å². The molecule has 1 N–H and O–H groups in total. The van der Waals surface area contributed by atoms with E-state index < -0.39 is 0 Å². The summed E-state index contributed by atoms with van der Waals surface area (Å²) in [5.74, 6) is 0.631. The minimum absolute atomic E-state index is 0.359. The van der Waals surface area contributed by atoms with E-state index in [2.05, 4.69) is 50.5 Å². The van der Waals surface area contributed by atoms with Crippen molar-refractivity contribution in [1.29, 1.82) is 0 Å². The zero-order chi connectivity index (χ0) is 13.0. The lowest BCUT2D eigenvalue weighted by Crippen LogP contribution is -2.46. The van der Waals surface area contributed by atoms with Crippen molar-refractivity contribution in [3.8, 4) is 0 Å². The Morgan fingerprint density at radius 3 is 2.17 bits per heavy atom. The second kappa shape index (κ2) is 5.88. The summed E-state index contributed by atoms with van der Waals surface area (Å²) in [6, 6.07) is 9.24. The first-order valence-electron chi connectivity index (χ1n) is 7.43. The van der Waals surface area contributed by atoms with Gasteiger partial charge in [0.2, 0.25) is 0 Å². The summed E-state index contributed by atoms with van der Waals surface area (Å²) in [5.41, 5.74) is 3.29. The van der Waals surface area contributed by atoms with E-state index in [1.54, 1.807) is 0 Å². The second-order valence-electron chi connectivity index (χ2n) is 6.16. The van der Waals surface area contributed by atoms with Crippen molar-refractivity contribution in [2.75, 3.05) is 7.05 Å². The molecule has 1 aromatic rings. The molecule has 2 rings (SSSR count). The average molecular weight is 245 g/mol. The molecule has 0 unspecified atom stereocenters. The van der Waals surface area contributed by atoms with Gasteiger partial charge >= 0.3 is 0 Å². The van der Waals surface area contributed by atoms with Gasteiger partial charge in [-0.3, -0.25) is 0 Å². The molecule has 1 fully saturated rings. The Hall–Kier alpha value is -0.820. The zero-order valence-electron chi connectivity index (χ0n) is 12.1. The van der Waals surface area contributed by atoms with Crippen molar-refractivity contribution < 1.29 is 0 Å². The van der Waals surface area contributed by atoms with Crippen molar-refractivity contribution >= 4 is 0 Å². The Morgan fingerprint density at radius 2 is 1.67 bits per heavy atom. The van der Waals surface area contributed by atoms with Gasteiger partial charge in [0.05, 0.1) is 0 Å². The number of hydrogen-bond donors (Lipinski definition) is 1. The van der Waals surface area contributed by atoms with Crippen LogP contribution in [0.15, 0.2) is 24.3 Å². The van der Waals surface area contributed by atoms with Crippen LogP contribution in [-0.4, -0.2) is 12.6 Å². The lowest BCUT2D eigenvalue weighted by molar-refractivity contribution is 0.245.